The monoisotopic (exact) mass is 478 g/mol. The van der Waals surface area contributed by atoms with Crippen LogP contribution in [0.2, 0.25) is 5.02 Å². The van der Waals surface area contributed by atoms with E-state index in [-0.39, 0.29) is 51.7 Å². The Bertz CT molecular complexity index is 1080. The zero-order valence-corrected chi connectivity index (χ0v) is 18.8. The molecule has 0 bridgehead atoms. The number of carbonyl (C=O) groups excluding carboxylic acids is 4. The van der Waals surface area contributed by atoms with Gasteiger partial charge in [-0.15, -0.1) is 0 Å². The fourth-order valence-electron chi connectivity index (χ4n) is 4.40. The maximum atomic E-state index is 13.4. The van der Waals surface area contributed by atoms with E-state index < -0.39 is 29.0 Å². The molecule has 1 aromatic rings. The molecule has 3 aliphatic rings. The Labute approximate surface area is 194 Å². The van der Waals surface area contributed by atoms with Crippen LogP contribution in [0.25, 0.3) is 0 Å². The SMILES string of the molecule is COc1cc(C(=O)NNC(=O)C2CCOCC2)c(Cl)c2c1C(=O)[C@@]1(O2)C(O)=CC(=O)C[C@H]1C. The zero-order valence-electron chi connectivity index (χ0n) is 18.0. The third-order valence-corrected chi connectivity index (χ3v) is 6.62. The van der Waals surface area contributed by atoms with Gasteiger partial charge in [0.25, 0.3) is 5.91 Å². The summed E-state index contributed by atoms with van der Waals surface area (Å²) in [7, 11) is 1.31. The summed E-state index contributed by atoms with van der Waals surface area (Å²) in [6.45, 7) is 2.54. The molecular weight excluding hydrogens is 456 g/mol. The Morgan fingerprint density at radius 2 is 1.94 bits per heavy atom. The number of ether oxygens (including phenoxy) is 3. The normalized spacial score (nSPS) is 24.7. The lowest BCUT2D eigenvalue weighted by molar-refractivity contribution is -0.128. The number of halogens is 1. The third-order valence-electron chi connectivity index (χ3n) is 6.25. The highest BCUT2D eigenvalue weighted by atomic mass is 35.5. The molecule has 2 atom stereocenters. The summed E-state index contributed by atoms with van der Waals surface area (Å²) >= 11 is 6.44. The van der Waals surface area contributed by atoms with Gasteiger partial charge < -0.3 is 19.3 Å². The molecular formula is C22H23ClN2O8. The molecule has 0 radical (unpaired) electrons. The second-order valence-electron chi connectivity index (χ2n) is 8.24. The van der Waals surface area contributed by atoms with Crippen molar-refractivity contribution in [3.05, 3.63) is 34.1 Å². The van der Waals surface area contributed by atoms with Gasteiger partial charge in [-0.1, -0.05) is 18.5 Å². The van der Waals surface area contributed by atoms with E-state index >= 15 is 0 Å². The van der Waals surface area contributed by atoms with Crippen LogP contribution < -0.4 is 20.3 Å². The number of Topliss-reactive ketones (excluding diaryl/α,β-unsaturated/α-hetero) is 1. The second kappa shape index (κ2) is 8.68. The van der Waals surface area contributed by atoms with E-state index in [0.717, 1.165) is 6.08 Å². The van der Waals surface area contributed by atoms with Crippen molar-refractivity contribution in [2.75, 3.05) is 20.3 Å². The topological polar surface area (TPSA) is 140 Å². The van der Waals surface area contributed by atoms with Crippen LogP contribution in [0, 0.1) is 11.8 Å². The number of hydrogen-bond donors (Lipinski definition) is 3. The first-order valence-electron chi connectivity index (χ1n) is 10.5. The van der Waals surface area contributed by atoms with Gasteiger partial charge >= 0.3 is 0 Å². The molecule has 176 valence electrons. The number of aliphatic hydroxyl groups is 1. The predicted molar refractivity (Wildman–Crippen MR) is 114 cm³/mol. The number of methoxy groups -OCH3 is 1. The molecule has 10 nitrogen and oxygen atoms in total. The number of fused-ring (bicyclic) bond motifs is 1. The Kier molecular flexibility index (Phi) is 6.06. The Morgan fingerprint density at radius 1 is 1.24 bits per heavy atom. The van der Waals surface area contributed by atoms with E-state index in [2.05, 4.69) is 10.9 Å². The van der Waals surface area contributed by atoms with Crippen LogP contribution in [0.5, 0.6) is 11.5 Å². The maximum absolute atomic E-state index is 13.4. The number of benzene rings is 1. The molecule has 3 N–H and O–H groups in total. The lowest BCUT2D eigenvalue weighted by Gasteiger charge is -2.34. The third kappa shape index (κ3) is 3.72. The number of hydrazine groups is 1. The first-order chi connectivity index (χ1) is 15.7. The lowest BCUT2D eigenvalue weighted by Crippen LogP contribution is -2.51. The molecule has 0 saturated carbocycles. The van der Waals surface area contributed by atoms with Gasteiger partial charge in [0, 0.05) is 37.5 Å². The molecule has 1 spiro atoms. The van der Waals surface area contributed by atoms with Crippen LogP contribution >= 0.6 is 11.6 Å². The maximum Gasteiger partial charge on any atom is 0.271 e. The van der Waals surface area contributed by atoms with E-state index in [1.807, 2.05) is 0 Å². The fraction of sp³-hybridized carbons (Fsp3) is 0.455. The number of aliphatic hydroxyl groups excluding tert-OH is 1. The van der Waals surface area contributed by atoms with Gasteiger partial charge in [-0.3, -0.25) is 30.0 Å². The van der Waals surface area contributed by atoms with Crippen LogP contribution in [0.1, 0.15) is 46.9 Å². The molecule has 2 heterocycles. The van der Waals surface area contributed by atoms with Gasteiger partial charge in [0.15, 0.2) is 11.5 Å². The van der Waals surface area contributed by atoms with Crippen LogP contribution in [-0.2, 0) is 14.3 Å². The summed E-state index contributed by atoms with van der Waals surface area (Å²) in [5.41, 5.74) is 2.73. The van der Waals surface area contributed by atoms with Gasteiger partial charge in [-0.05, 0) is 18.9 Å². The Balaban J connectivity index is 1.63. The summed E-state index contributed by atoms with van der Waals surface area (Å²) < 4.78 is 16.4. The number of amides is 2. The van der Waals surface area contributed by atoms with Crippen molar-refractivity contribution >= 4 is 35.0 Å². The molecule has 1 aliphatic carbocycles. The van der Waals surface area contributed by atoms with Crippen LogP contribution in [0.15, 0.2) is 17.9 Å². The van der Waals surface area contributed by atoms with Crippen molar-refractivity contribution in [3.63, 3.8) is 0 Å². The molecule has 1 saturated heterocycles. The molecule has 2 aliphatic heterocycles. The fourth-order valence-corrected chi connectivity index (χ4v) is 4.67. The van der Waals surface area contributed by atoms with Crippen LogP contribution in [0.4, 0.5) is 0 Å². The standard InChI is InChI=1S/C22H23ClN2O8/c1-10-7-12(26)8-15(27)22(10)19(28)16-14(31-2)9-13(17(23)18(16)33-22)21(30)25-24-20(29)11-3-5-32-6-4-11/h8-11,27H,3-7H2,1-2H3,(H,24,29)(H,25,30)/t10-,22+/m1/s1. The Hall–Kier alpha value is -3.11. The highest BCUT2D eigenvalue weighted by Crippen LogP contribution is 2.52. The lowest BCUT2D eigenvalue weighted by atomic mass is 9.75. The number of allylic oxidation sites excluding steroid dienone is 1. The highest BCUT2D eigenvalue weighted by molar-refractivity contribution is 6.37. The van der Waals surface area contributed by atoms with Gasteiger partial charge in [0.2, 0.25) is 17.3 Å². The summed E-state index contributed by atoms with van der Waals surface area (Å²) in [6.07, 6.45) is 2.04. The minimum absolute atomic E-state index is 0.00841. The molecule has 11 heteroatoms. The van der Waals surface area contributed by atoms with Crippen LogP contribution in [0.3, 0.4) is 0 Å². The first kappa shape index (κ1) is 23.1. The zero-order chi connectivity index (χ0) is 23.9. The van der Waals surface area contributed by atoms with E-state index in [0.29, 0.717) is 26.1 Å². The van der Waals surface area contributed by atoms with E-state index in [1.54, 1.807) is 6.92 Å². The van der Waals surface area contributed by atoms with Crippen molar-refractivity contribution in [2.45, 2.75) is 31.8 Å². The van der Waals surface area contributed by atoms with Crippen LogP contribution in [-0.4, -0.2) is 54.4 Å². The molecule has 1 aromatic carbocycles. The Morgan fingerprint density at radius 3 is 2.58 bits per heavy atom. The average molecular weight is 479 g/mol. The second-order valence-corrected chi connectivity index (χ2v) is 8.62. The quantitative estimate of drug-likeness (QED) is 0.559. The largest absolute Gasteiger partial charge is 0.507 e. The van der Waals surface area contributed by atoms with E-state index in [4.69, 9.17) is 25.8 Å². The van der Waals surface area contributed by atoms with Gasteiger partial charge in [0.05, 0.1) is 17.7 Å². The number of rotatable bonds is 3. The first-order valence-corrected chi connectivity index (χ1v) is 10.8. The smallest absolute Gasteiger partial charge is 0.271 e. The van der Waals surface area contributed by atoms with Crippen molar-refractivity contribution in [1.82, 2.24) is 10.9 Å². The van der Waals surface area contributed by atoms with Gasteiger partial charge in [0.1, 0.15) is 17.1 Å². The number of carbonyl (C=O) groups is 4. The number of nitrogens with one attached hydrogen (secondary N) is 2. The van der Waals surface area contributed by atoms with Gasteiger partial charge in [-0.2, -0.15) is 0 Å². The minimum atomic E-state index is -1.83. The summed E-state index contributed by atoms with van der Waals surface area (Å²) in [4.78, 5) is 50.3. The number of hydrogen-bond acceptors (Lipinski definition) is 8. The predicted octanol–water partition coefficient (Wildman–Crippen LogP) is 1.90. The number of ketones is 2. The van der Waals surface area contributed by atoms with Crippen molar-refractivity contribution in [1.29, 1.82) is 0 Å². The molecule has 1 fully saturated rings. The van der Waals surface area contributed by atoms with Crippen molar-refractivity contribution in [2.24, 2.45) is 11.8 Å². The highest BCUT2D eigenvalue weighted by Gasteiger charge is 2.59. The van der Waals surface area contributed by atoms with Crippen molar-refractivity contribution in [3.8, 4) is 11.5 Å². The van der Waals surface area contributed by atoms with E-state index in [1.165, 1.54) is 13.2 Å². The summed E-state index contributed by atoms with van der Waals surface area (Å²) in [6, 6.07) is 1.26. The molecule has 0 unspecified atom stereocenters. The van der Waals surface area contributed by atoms with E-state index in [9.17, 15) is 24.3 Å². The molecule has 33 heavy (non-hydrogen) atoms. The van der Waals surface area contributed by atoms with Gasteiger partial charge in [-0.25, -0.2) is 0 Å². The minimum Gasteiger partial charge on any atom is -0.507 e. The summed E-state index contributed by atoms with van der Waals surface area (Å²) in [5, 5.41) is 10.3. The molecule has 2 amide bonds. The molecule has 0 aromatic heterocycles. The summed E-state index contributed by atoms with van der Waals surface area (Å²) in [5.74, 6) is -3.68. The van der Waals surface area contributed by atoms with Crippen molar-refractivity contribution < 1.29 is 38.5 Å². The average Bonchev–Trinajstić information content (AvgIpc) is 3.12. The molecule has 4 rings (SSSR count).